The molecule has 7 heteroatoms. The maximum Gasteiger partial charge on any atom is 0.401 e. The van der Waals surface area contributed by atoms with E-state index < -0.39 is 12.7 Å². The van der Waals surface area contributed by atoms with Crippen molar-refractivity contribution in [1.82, 2.24) is 10.3 Å². The fourth-order valence-electron chi connectivity index (χ4n) is 0.835. The van der Waals surface area contributed by atoms with E-state index in [1.807, 2.05) is 0 Å². The van der Waals surface area contributed by atoms with Crippen LogP contribution in [0.15, 0.2) is 12.3 Å². The maximum absolute atomic E-state index is 11.7. The third-order valence-electron chi connectivity index (χ3n) is 1.47. The number of hydrogen-bond acceptors (Lipinski definition) is 3. The fourth-order valence-corrected chi connectivity index (χ4v) is 0.835. The first-order valence-corrected chi connectivity index (χ1v) is 4.37. The van der Waals surface area contributed by atoms with Crippen molar-refractivity contribution in [3.05, 3.63) is 24.0 Å². The predicted octanol–water partition coefficient (Wildman–Crippen LogP) is 0.965. The molecule has 0 unspecified atom stereocenters. The van der Waals surface area contributed by atoms with Crippen LogP contribution in [0.2, 0.25) is 0 Å². The third-order valence-corrected chi connectivity index (χ3v) is 1.47. The Hall–Kier alpha value is -0.636. The molecule has 3 N–H and O–H groups in total. The molecular formula is C10H9F3N3Y-. The molecule has 1 rings (SSSR count). The van der Waals surface area contributed by atoms with Crippen LogP contribution in [0.25, 0.3) is 0 Å². The zero-order valence-corrected chi connectivity index (χ0v) is 11.6. The van der Waals surface area contributed by atoms with Crippen LogP contribution in [-0.4, -0.2) is 24.2 Å². The van der Waals surface area contributed by atoms with Gasteiger partial charge in [0.1, 0.15) is 0 Å². The normalized spacial score (nSPS) is 10.1. The van der Waals surface area contributed by atoms with Gasteiger partial charge in [0, 0.05) is 32.7 Å². The SMILES string of the molecule is Nc1[c-]cc(C#CCNCC(F)(F)F)nc1.[Y]. The van der Waals surface area contributed by atoms with E-state index in [2.05, 4.69) is 28.2 Å². The molecule has 0 atom stereocenters. The van der Waals surface area contributed by atoms with Crippen molar-refractivity contribution in [2.75, 3.05) is 18.8 Å². The summed E-state index contributed by atoms with van der Waals surface area (Å²) in [6.45, 7) is -1.10. The minimum atomic E-state index is -4.21. The standard InChI is InChI=1S/C10H9F3N3.Y/c11-10(12,13)7-15-5-1-2-9-4-3-8(14)6-16-9;/h4,6,15H,5,7,14H2;/q-1;. The molecule has 17 heavy (non-hydrogen) atoms. The van der Waals surface area contributed by atoms with Crippen LogP contribution in [-0.2, 0) is 32.7 Å². The molecule has 1 aromatic rings. The summed E-state index contributed by atoms with van der Waals surface area (Å²) in [5, 5.41) is 2.15. The summed E-state index contributed by atoms with van der Waals surface area (Å²) in [4.78, 5) is 3.84. The maximum atomic E-state index is 11.7. The van der Waals surface area contributed by atoms with Gasteiger partial charge in [0.15, 0.2) is 0 Å². The second-order valence-corrected chi connectivity index (χ2v) is 2.91. The number of nitrogens with one attached hydrogen (secondary N) is 1. The average molecular weight is 317 g/mol. The van der Waals surface area contributed by atoms with Crippen LogP contribution in [0.3, 0.4) is 0 Å². The van der Waals surface area contributed by atoms with Gasteiger partial charge >= 0.3 is 6.18 Å². The van der Waals surface area contributed by atoms with E-state index >= 15 is 0 Å². The van der Waals surface area contributed by atoms with Crippen LogP contribution >= 0.6 is 0 Å². The van der Waals surface area contributed by atoms with Crippen LogP contribution in [0.1, 0.15) is 5.69 Å². The minimum Gasteiger partial charge on any atom is -0.418 e. The van der Waals surface area contributed by atoms with E-state index in [4.69, 9.17) is 5.73 Å². The fraction of sp³-hybridized carbons (Fsp3) is 0.300. The molecule has 0 amide bonds. The van der Waals surface area contributed by atoms with E-state index in [-0.39, 0.29) is 39.3 Å². The van der Waals surface area contributed by atoms with Gasteiger partial charge in [0.25, 0.3) is 0 Å². The third kappa shape index (κ3) is 8.14. The number of rotatable bonds is 2. The minimum absolute atomic E-state index is 0. The van der Waals surface area contributed by atoms with E-state index in [1.165, 1.54) is 12.3 Å². The second-order valence-electron chi connectivity index (χ2n) is 2.91. The predicted molar refractivity (Wildman–Crippen MR) is 53.3 cm³/mol. The van der Waals surface area contributed by atoms with Crippen molar-refractivity contribution in [3.63, 3.8) is 0 Å². The molecule has 0 aliphatic rings. The van der Waals surface area contributed by atoms with Crippen molar-refractivity contribution >= 4 is 5.69 Å². The summed E-state index contributed by atoms with van der Waals surface area (Å²) >= 11 is 0. The molecule has 1 aromatic heterocycles. The quantitative estimate of drug-likeness (QED) is 0.485. The average Bonchev–Trinajstić information content (AvgIpc) is 2.19. The number of nitrogen functional groups attached to an aromatic ring is 1. The summed E-state index contributed by atoms with van der Waals surface area (Å²) in [5.74, 6) is 5.09. The van der Waals surface area contributed by atoms with Crippen LogP contribution in [0.4, 0.5) is 18.9 Å². The Bertz CT molecular complexity index is 392. The van der Waals surface area contributed by atoms with Gasteiger partial charge in [0.05, 0.1) is 13.1 Å². The smallest absolute Gasteiger partial charge is 0.401 e. The van der Waals surface area contributed by atoms with Gasteiger partial charge in [-0.15, -0.1) is 12.0 Å². The first-order chi connectivity index (χ1) is 7.47. The summed E-state index contributed by atoms with van der Waals surface area (Å²) in [6.07, 6.45) is -2.83. The molecule has 89 valence electrons. The summed E-state index contributed by atoms with van der Waals surface area (Å²) in [6, 6.07) is 4.16. The number of halogens is 3. The second kappa shape index (κ2) is 7.64. The summed E-state index contributed by atoms with van der Waals surface area (Å²) < 4.78 is 35.1. The first-order valence-electron chi connectivity index (χ1n) is 4.37. The number of pyridine rings is 1. The Morgan fingerprint density at radius 1 is 1.47 bits per heavy atom. The molecular weight excluding hydrogens is 308 g/mol. The van der Waals surface area contributed by atoms with Crippen LogP contribution in [0, 0.1) is 17.9 Å². The molecule has 0 saturated heterocycles. The molecule has 0 spiro atoms. The van der Waals surface area contributed by atoms with E-state index in [1.54, 1.807) is 0 Å². The Labute approximate surface area is 122 Å². The zero-order chi connectivity index (χ0) is 12.0. The Kier molecular flexibility index (Phi) is 7.36. The monoisotopic (exact) mass is 317 g/mol. The van der Waals surface area contributed by atoms with Gasteiger partial charge in [0.2, 0.25) is 0 Å². The molecule has 0 bridgehead atoms. The molecule has 0 saturated carbocycles. The van der Waals surface area contributed by atoms with E-state index in [0.29, 0.717) is 11.4 Å². The molecule has 0 aromatic carbocycles. The van der Waals surface area contributed by atoms with Gasteiger partial charge in [-0.3, -0.25) is 5.32 Å². The Morgan fingerprint density at radius 2 is 2.18 bits per heavy atom. The number of hydrogen-bond donors (Lipinski definition) is 2. The Balaban J connectivity index is 0.00000256. The van der Waals surface area contributed by atoms with Crippen molar-refractivity contribution in [3.8, 4) is 11.8 Å². The number of alkyl halides is 3. The summed E-state index contributed by atoms with van der Waals surface area (Å²) in [5.41, 5.74) is 6.16. The molecule has 3 nitrogen and oxygen atoms in total. The van der Waals surface area contributed by atoms with Gasteiger partial charge in [-0.1, -0.05) is 17.8 Å². The first kappa shape index (κ1) is 16.4. The van der Waals surface area contributed by atoms with Crippen LogP contribution in [0.5, 0.6) is 0 Å². The number of anilines is 1. The van der Waals surface area contributed by atoms with Crippen LogP contribution < -0.4 is 11.1 Å². The van der Waals surface area contributed by atoms with Crippen molar-refractivity contribution in [1.29, 1.82) is 0 Å². The summed E-state index contributed by atoms with van der Waals surface area (Å²) in [7, 11) is 0. The number of nitrogens with zero attached hydrogens (tertiary/aromatic N) is 1. The van der Waals surface area contributed by atoms with E-state index in [9.17, 15) is 13.2 Å². The molecule has 0 aliphatic heterocycles. The van der Waals surface area contributed by atoms with Gasteiger partial charge in [-0.25, -0.2) is 0 Å². The van der Waals surface area contributed by atoms with Crippen molar-refractivity contribution in [2.45, 2.75) is 6.18 Å². The van der Waals surface area contributed by atoms with Crippen molar-refractivity contribution in [2.24, 2.45) is 0 Å². The van der Waals surface area contributed by atoms with Crippen molar-refractivity contribution < 1.29 is 45.9 Å². The topological polar surface area (TPSA) is 50.9 Å². The van der Waals surface area contributed by atoms with Gasteiger partial charge in [-0.05, 0) is 5.69 Å². The number of aromatic nitrogens is 1. The zero-order valence-electron chi connectivity index (χ0n) is 8.80. The molecule has 0 aliphatic carbocycles. The Morgan fingerprint density at radius 3 is 2.71 bits per heavy atom. The molecule has 0 fully saturated rings. The van der Waals surface area contributed by atoms with Gasteiger partial charge < -0.3 is 10.7 Å². The molecule has 1 radical (unpaired) electrons. The molecule has 1 heterocycles. The van der Waals surface area contributed by atoms with Gasteiger partial charge in [-0.2, -0.15) is 19.2 Å². The number of nitrogens with two attached hydrogens (primary N) is 1. The van der Waals surface area contributed by atoms with E-state index in [0.717, 1.165) is 0 Å². The largest absolute Gasteiger partial charge is 0.418 e.